The van der Waals surface area contributed by atoms with Crippen LogP contribution in [0, 0.1) is 11.3 Å². The SMILES string of the molecule is CC1CCc2c1c(Oc1c(Cl)cc(-n3nc(C#N)c(=O)[nH]c3=O)cc1Cl)n[nH]c2=O. The molecule has 10 nitrogen and oxygen atoms in total. The second-order valence-corrected chi connectivity index (χ2v) is 7.48. The van der Waals surface area contributed by atoms with Crippen molar-refractivity contribution in [3.05, 3.63) is 70.2 Å². The molecule has 4 rings (SSSR count). The molecule has 0 saturated heterocycles. The number of rotatable bonds is 3. The van der Waals surface area contributed by atoms with Crippen molar-refractivity contribution in [1.29, 1.82) is 5.26 Å². The van der Waals surface area contributed by atoms with E-state index in [1.165, 1.54) is 12.1 Å². The molecule has 152 valence electrons. The Morgan fingerprint density at radius 3 is 2.60 bits per heavy atom. The molecule has 0 saturated carbocycles. The molecule has 0 bridgehead atoms. The Labute approximate surface area is 177 Å². The van der Waals surface area contributed by atoms with Crippen LogP contribution < -0.4 is 21.5 Å². The Morgan fingerprint density at radius 2 is 1.93 bits per heavy atom. The summed E-state index contributed by atoms with van der Waals surface area (Å²) in [6.45, 7) is 1.97. The van der Waals surface area contributed by atoms with Crippen molar-refractivity contribution in [2.45, 2.75) is 25.7 Å². The lowest BCUT2D eigenvalue weighted by Crippen LogP contribution is -2.33. The number of nitrogens with one attached hydrogen (secondary N) is 2. The van der Waals surface area contributed by atoms with Crippen molar-refractivity contribution < 1.29 is 4.74 Å². The number of hydrogen-bond donors (Lipinski definition) is 2. The van der Waals surface area contributed by atoms with Gasteiger partial charge in [0.25, 0.3) is 11.1 Å². The largest absolute Gasteiger partial charge is 0.434 e. The molecule has 3 aromatic rings. The molecule has 1 unspecified atom stereocenters. The molecule has 2 N–H and O–H groups in total. The van der Waals surface area contributed by atoms with E-state index in [0.29, 0.717) is 17.5 Å². The van der Waals surface area contributed by atoms with Gasteiger partial charge in [-0.1, -0.05) is 30.1 Å². The molecule has 0 aliphatic heterocycles. The van der Waals surface area contributed by atoms with E-state index in [4.69, 9.17) is 33.2 Å². The van der Waals surface area contributed by atoms with Crippen LogP contribution in [-0.4, -0.2) is 25.0 Å². The van der Waals surface area contributed by atoms with Crippen LogP contribution >= 0.6 is 23.2 Å². The molecule has 0 spiro atoms. The number of aromatic amines is 2. The third-order valence-electron chi connectivity index (χ3n) is 4.77. The first kappa shape index (κ1) is 19.9. The van der Waals surface area contributed by atoms with E-state index >= 15 is 0 Å². The van der Waals surface area contributed by atoms with E-state index in [1.807, 2.05) is 11.9 Å². The number of fused-ring (bicyclic) bond motifs is 1. The minimum Gasteiger partial charge on any atom is -0.434 e. The van der Waals surface area contributed by atoms with Gasteiger partial charge < -0.3 is 4.74 Å². The lowest BCUT2D eigenvalue weighted by atomic mass is 10.1. The Hall–Kier alpha value is -3.42. The van der Waals surface area contributed by atoms with Crippen LogP contribution in [0.5, 0.6) is 11.6 Å². The van der Waals surface area contributed by atoms with E-state index in [2.05, 4.69) is 15.3 Å². The Morgan fingerprint density at radius 1 is 1.23 bits per heavy atom. The van der Waals surface area contributed by atoms with Crippen molar-refractivity contribution in [3.63, 3.8) is 0 Å². The molecule has 2 aromatic heterocycles. The van der Waals surface area contributed by atoms with Gasteiger partial charge in [-0.25, -0.2) is 9.89 Å². The summed E-state index contributed by atoms with van der Waals surface area (Å²) in [5, 5.41) is 19.1. The summed E-state index contributed by atoms with van der Waals surface area (Å²) in [4.78, 5) is 37.6. The molecule has 0 radical (unpaired) electrons. The lowest BCUT2D eigenvalue weighted by Gasteiger charge is -2.14. The number of hydrogen-bond acceptors (Lipinski definition) is 7. The highest BCUT2D eigenvalue weighted by Gasteiger charge is 2.28. The maximum Gasteiger partial charge on any atom is 0.349 e. The van der Waals surface area contributed by atoms with Gasteiger partial charge >= 0.3 is 5.69 Å². The number of ether oxygens (including phenoxy) is 1. The van der Waals surface area contributed by atoms with Crippen molar-refractivity contribution in [1.82, 2.24) is 25.0 Å². The van der Waals surface area contributed by atoms with Gasteiger partial charge in [0, 0.05) is 11.1 Å². The first-order valence-electron chi connectivity index (χ1n) is 8.72. The van der Waals surface area contributed by atoms with Gasteiger partial charge in [-0.15, -0.1) is 10.2 Å². The average Bonchev–Trinajstić information content (AvgIpc) is 3.09. The third kappa shape index (κ3) is 3.28. The lowest BCUT2D eigenvalue weighted by molar-refractivity contribution is 0.444. The van der Waals surface area contributed by atoms with E-state index < -0.39 is 16.9 Å². The number of nitriles is 1. The average molecular weight is 447 g/mol. The molecule has 0 fully saturated rings. The Balaban J connectivity index is 1.79. The maximum absolute atomic E-state index is 12.1. The summed E-state index contributed by atoms with van der Waals surface area (Å²) >= 11 is 12.6. The predicted molar refractivity (Wildman–Crippen MR) is 107 cm³/mol. The zero-order chi connectivity index (χ0) is 21.6. The Bertz CT molecular complexity index is 1380. The number of benzene rings is 1. The maximum atomic E-state index is 12.1. The number of nitrogens with zero attached hydrogens (tertiary/aromatic N) is 4. The molecule has 30 heavy (non-hydrogen) atoms. The highest BCUT2D eigenvalue weighted by Crippen LogP contribution is 2.42. The summed E-state index contributed by atoms with van der Waals surface area (Å²) in [6, 6.07) is 4.27. The predicted octanol–water partition coefficient (Wildman–Crippen LogP) is 2.02. The first-order chi connectivity index (χ1) is 14.3. The van der Waals surface area contributed by atoms with Crippen LogP contribution in [0.4, 0.5) is 0 Å². The molecule has 1 aromatic carbocycles. The van der Waals surface area contributed by atoms with Crippen molar-refractivity contribution in [2.75, 3.05) is 0 Å². The van der Waals surface area contributed by atoms with E-state index in [-0.39, 0.29) is 38.8 Å². The van der Waals surface area contributed by atoms with Gasteiger partial charge in [-0.05, 0) is 30.9 Å². The number of H-pyrrole nitrogens is 2. The van der Waals surface area contributed by atoms with Gasteiger partial charge in [0.05, 0.1) is 15.7 Å². The van der Waals surface area contributed by atoms with E-state index in [1.54, 1.807) is 6.07 Å². The van der Waals surface area contributed by atoms with Crippen LogP contribution in [0.2, 0.25) is 10.0 Å². The van der Waals surface area contributed by atoms with Crippen LogP contribution in [0.25, 0.3) is 5.69 Å². The van der Waals surface area contributed by atoms with Gasteiger partial charge in [0.15, 0.2) is 5.75 Å². The highest BCUT2D eigenvalue weighted by molar-refractivity contribution is 6.37. The third-order valence-corrected chi connectivity index (χ3v) is 5.33. The van der Waals surface area contributed by atoms with Crippen molar-refractivity contribution >= 4 is 23.2 Å². The summed E-state index contributed by atoms with van der Waals surface area (Å²) < 4.78 is 6.62. The van der Waals surface area contributed by atoms with Crippen LogP contribution in [0.15, 0.2) is 26.5 Å². The summed E-state index contributed by atoms with van der Waals surface area (Å²) in [5.41, 5.74) is -1.09. The monoisotopic (exact) mass is 446 g/mol. The highest BCUT2D eigenvalue weighted by atomic mass is 35.5. The zero-order valence-corrected chi connectivity index (χ0v) is 16.8. The number of aromatic nitrogens is 5. The van der Waals surface area contributed by atoms with Crippen LogP contribution in [0.3, 0.4) is 0 Å². The summed E-state index contributed by atoms with van der Waals surface area (Å²) in [7, 11) is 0. The van der Waals surface area contributed by atoms with Crippen molar-refractivity contribution in [3.8, 4) is 23.4 Å². The fourth-order valence-corrected chi connectivity index (χ4v) is 3.88. The quantitative estimate of drug-likeness (QED) is 0.625. The second-order valence-electron chi connectivity index (χ2n) is 6.66. The minimum absolute atomic E-state index is 0.0308. The van der Waals surface area contributed by atoms with Crippen molar-refractivity contribution in [2.24, 2.45) is 0 Å². The molecular formula is C18H12Cl2N6O4. The first-order valence-corrected chi connectivity index (χ1v) is 9.48. The summed E-state index contributed by atoms with van der Waals surface area (Å²) in [5.74, 6) is 0.341. The van der Waals surface area contributed by atoms with Gasteiger partial charge in [-0.2, -0.15) is 9.94 Å². The van der Waals surface area contributed by atoms with E-state index in [9.17, 15) is 14.4 Å². The fourth-order valence-electron chi connectivity index (χ4n) is 3.33. The minimum atomic E-state index is -0.900. The zero-order valence-electron chi connectivity index (χ0n) is 15.3. The molecule has 1 atom stereocenters. The normalized spacial score (nSPS) is 14.9. The molecule has 0 amide bonds. The van der Waals surface area contributed by atoms with E-state index in [0.717, 1.165) is 11.1 Å². The Kier molecular flexibility index (Phi) is 4.93. The molecule has 12 heteroatoms. The van der Waals surface area contributed by atoms with Crippen LogP contribution in [-0.2, 0) is 6.42 Å². The topological polar surface area (TPSA) is 147 Å². The summed E-state index contributed by atoms with van der Waals surface area (Å²) in [6.07, 6.45) is 1.41. The van der Waals surface area contributed by atoms with Gasteiger partial charge in [-0.3, -0.25) is 14.6 Å². The van der Waals surface area contributed by atoms with Gasteiger partial charge in [0.1, 0.15) is 6.07 Å². The smallest absolute Gasteiger partial charge is 0.349 e. The molecular weight excluding hydrogens is 435 g/mol. The van der Waals surface area contributed by atoms with Gasteiger partial charge in [0.2, 0.25) is 11.6 Å². The number of halogens is 2. The fraction of sp³-hybridized carbons (Fsp3) is 0.222. The second kappa shape index (κ2) is 7.44. The molecule has 1 aliphatic carbocycles. The standard InChI is InChI=1S/C18H12Cl2N6O4/c1-7-2-3-9-13(7)17(24-23-15(9)27)30-14-10(19)4-8(5-11(14)20)26-18(29)22-16(28)12(6-21)25-26/h4-5,7H,2-3H2,1H3,(H,23,27)(H,22,28,29). The molecule has 2 heterocycles. The van der Waals surface area contributed by atoms with Crippen LogP contribution in [0.1, 0.15) is 36.1 Å². The molecule has 1 aliphatic rings.